The molecule has 0 spiro atoms. The molecule has 0 saturated carbocycles. The molecule has 17 heavy (non-hydrogen) atoms. The first-order valence-corrected chi connectivity index (χ1v) is 5.50. The van der Waals surface area contributed by atoms with Gasteiger partial charge in [-0.2, -0.15) is 0 Å². The molecule has 0 atom stereocenters. The third kappa shape index (κ3) is 3.59. The van der Waals surface area contributed by atoms with Crippen molar-refractivity contribution in [2.24, 2.45) is 0 Å². The van der Waals surface area contributed by atoms with E-state index in [1.54, 1.807) is 13.0 Å². The highest BCUT2D eigenvalue weighted by Gasteiger charge is 2.14. The maximum absolute atomic E-state index is 11.2. The van der Waals surface area contributed by atoms with Crippen LogP contribution in [0.4, 0.5) is 5.82 Å². The second-order valence-electron chi connectivity index (χ2n) is 4.27. The van der Waals surface area contributed by atoms with E-state index in [9.17, 15) is 4.79 Å². The van der Waals surface area contributed by atoms with E-state index in [1.165, 1.54) is 5.57 Å². The molecule has 4 nitrogen and oxygen atoms in total. The lowest BCUT2D eigenvalue weighted by Crippen LogP contribution is -2.11. The first-order valence-electron chi connectivity index (χ1n) is 5.50. The van der Waals surface area contributed by atoms with Gasteiger partial charge in [-0.3, -0.25) is 0 Å². The van der Waals surface area contributed by atoms with Crippen molar-refractivity contribution in [1.82, 2.24) is 4.98 Å². The Balaban J connectivity index is 3.04. The zero-order valence-electron chi connectivity index (χ0n) is 10.7. The predicted octanol–water partition coefficient (Wildman–Crippen LogP) is 2.77. The van der Waals surface area contributed by atoms with E-state index in [0.29, 0.717) is 12.4 Å². The number of carboxylic acid groups (broad SMARTS) is 1. The van der Waals surface area contributed by atoms with Gasteiger partial charge in [0.1, 0.15) is 11.4 Å². The molecule has 1 aromatic rings. The molecule has 0 bridgehead atoms. The fourth-order valence-electron chi connectivity index (χ4n) is 1.59. The van der Waals surface area contributed by atoms with Crippen LogP contribution in [0.15, 0.2) is 17.7 Å². The Labute approximate surface area is 101 Å². The molecule has 4 heteroatoms. The van der Waals surface area contributed by atoms with Crippen LogP contribution in [0.25, 0.3) is 0 Å². The van der Waals surface area contributed by atoms with Gasteiger partial charge in [0.2, 0.25) is 0 Å². The number of aromatic carboxylic acids is 1. The van der Waals surface area contributed by atoms with Crippen molar-refractivity contribution < 1.29 is 9.90 Å². The minimum atomic E-state index is -0.949. The van der Waals surface area contributed by atoms with E-state index >= 15 is 0 Å². The summed E-state index contributed by atoms with van der Waals surface area (Å²) in [5, 5.41) is 12.2. The van der Waals surface area contributed by atoms with E-state index in [-0.39, 0.29) is 5.56 Å². The summed E-state index contributed by atoms with van der Waals surface area (Å²) >= 11 is 0. The van der Waals surface area contributed by atoms with Gasteiger partial charge in [-0.05, 0) is 39.3 Å². The Kier molecular flexibility index (Phi) is 4.26. The largest absolute Gasteiger partial charge is 0.478 e. The molecule has 0 aliphatic rings. The van der Waals surface area contributed by atoms with E-state index < -0.39 is 5.97 Å². The minimum absolute atomic E-state index is 0.248. The average molecular weight is 234 g/mol. The number of pyridine rings is 1. The fourth-order valence-corrected chi connectivity index (χ4v) is 1.59. The van der Waals surface area contributed by atoms with Crippen LogP contribution in [0, 0.1) is 13.8 Å². The van der Waals surface area contributed by atoms with Gasteiger partial charge in [0.05, 0.1) is 0 Å². The summed E-state index contributed by atoms with van der Waals surface area (Å²) in [5.41, 5.74) is 2.97. The average Bonchev–Trinajstić information content (AvgIpc) is 2.14. The molecule has 1 rings (SSSR count). The van der Waals surface area contributed by atoms with Gasteiger partial charge in [-0.25, -0.2) is 9.78 Å². The van der Waals surface area contributed by atoms with Gasteiger partial charge in [0.15, 0.2) is 0 Å². The van der Waals surface area contributed by atoms with E-state index in [1.807, 2.05) is 26.8 Å². The maximum atomic E-state index is 11.2. The van der Waals surface area contributed by atoms with Crippen molar-refractivity contribution in [1.29, 1.82) is 0 Å². The molecule has 1 aromatic heterocycles. The number of aryl methyl sites for hydroxylation is 2. The predicted molar refractivity (Wildman–Crippen MR) is 68.6 cm³/mol. The third-order valence-electron chi connectivity index (χ3n) is 2.34. The summed E-state index contributed by atoms with van der Waals surface area (Å²) in [5.74, 6) is -0.512. The molecule has 0 fully saturated rings. The summed E-state index contributed by atoms with van der Waals surface area (Å²) in [6, 6.07) is 1.77. The number of carbonyl (C=O) groups is 1. The minimum Gasteiger partial charge on any atom is -0.478 e. The number of anilines is 1. The van der Waals surface area contributed by atoms with E-state index in [2.05, 4.69) is 10.3 Å². The first kappa shape index (κ1) is 13.2. The van der Waals surface area contributed by atoms with Crippen molar-refractivity contribution in [2.75, 3.05) is 11.9 Å². The van der Waals surface area contributed by atoms with Gasteiger partial charge in [0.25, 0.3) is 0 Å². The van der Waals surface area contributed by atoms with Crippen molar-refractivity contribution in [3.05, 3.63) is 34.5 Å². The Morgan fingerprint density at radius 2 is 2.12 bits per heavy atom. The number of aromatic nitrogens is 1. The number of hydrogen-bond acceptors (Lipinski definition) is 3. The lowest BCUT2D eigenvalue weighted by Gasteiger charge is -2.10. The topological polar surface area (TPSA) is 62.2 Å². The molecule has 0 aromatic carbocycles. The van der Waals surface area contributed by atoms with Gasteiger partial charge >= 0.3 is 5.97 Å². The molecule has 0 amide bonds. The van der Waals surface area contributed by atoms with Gasteiger partial charge in [-0.1, -0.05) is 11.6 Å². The summed E-state index contributed by atoms with van der Waals surface area (Å²) in [4.78, 5) is 15.4. The molecule has 2 N–H and O–H groups in total. The highest BCUT2D eigenvalue weighted by atomic mass is 16.4. The quantitative estimate of drug-likeness (QED) is 0.786. The maximum Gasteiger partial charge on any atom is 0.339 e. The van der Waals surface area contributed by atoms with E-state index in [0.717, 1.165) is 11.3 Å². The highest BCUT2D eigenvalue weighted by molar-refractivity contribution is 5.94. The van der Waals surface area contributed by atoms with Crippen LogP contribution in [-0.2, 0) is 0 Å². The molecule has 1 heterocycles. The zero-order valence-corrected chi connectivity index (χ0v) is 10.7. The standard InChI is InChI=1S/C13H18N2O2/c1-8(2)5-6-14-12-11(13(16)17)9(3)7-10(4)15-12/h5,7H,6H2,1-4H3,(H,14,15)(H,16,17). The number of nitrogens with zero attached hydrogens (tertiary/aromatic N) is 1. The van der Waals surface area contributed by atoms with Crippen LogP contribution in [0.5, 0.6) is 0 Å². The lowest BCUT2D eigenvalue weighted by atomic mass is 10.1. The zero-order chi connectivity index (χ0) is 13.0. The van der Waals surface area contributed by atoms with Gasteiger partial charge in [0, 0.05) is 12.2 Å². The second-order valence-corrected chi connectivity index (χ2v) is 4.27. The van der Waals surface area contributed by atoms with Crippen LogP contribution in [0.2, 0.25) is 0 Å². The Bertz CT molecular complexity index is 461. The number of nitrogens with one attached hydrogen (secondary N) is 1. The number of rotatable bonds is 4. The molecule has 0 aliphatic carbocycles. The fraction of sp³-hybridized carbons (Fsp3) is 0.385. The lowest BCUT2D eigenvalue weighted by molar-refractivity contribution is 0.0697. The summed E-state index contributed by atoms with van der Waals surface area (Å²) in [6.07, 6.45) is 1.99. The Morgan fingerprint density at radius 1 is 1.47 bits per heavy atom. The highest BCUT2D eigenvalue weighted by Crippen LogP contribution is 2.18. The monoisotopic (exact) mass is 234 g/mol. The number of hydrogen-bond donors (Lipinski definition) is 2. The Hall–Kier alpha value is -1.84. The molecule has 0 unspecified atom stereocenters. The molecular weight excluding hydrogens is 216 g/mol. The van der Waals surface area contributed by atoms with Gasteiger partial charge < -0.3 is 10.4 Å². The first-order chi connectivity index (χ1) is 7.91. The van der Waals surface area contributed by atoms with Crippen molar-refractivity contribution in [3.63, 3.8) is 0 Å². The summed E-state index contributed by atoms with van der Waals surface area (Å²) in [7, 11) is 0. The van der Waals surface area contributed by atoms with Crippen LogP contribution in [0.3, 0.4) is 0 Å². The Morgan fingerprint density at radius 3 is 2.65 bits per heavy atom. The van der Waals surface area contributed by atoms with E-state index in [4.69, 9.17) is 5.11 Å². The molecule has 0 aliphatic heterocycles. The molecular formula is C13H18N2O2. The molecule has 0 radical (unpaired) electrons. The second kappa shape index (κ2) is 5.48. The van der Waals surface area contributed by atoms with Crippen LogP contribution < -0.4 is 5.32 Å². The summed E-state index contributed by atoms with van der Waals surface area (Å²) < 4.78 is 0. The van der Waals surface area contributed by atoms with Crippen molar-refractivity contribution in [2.45, 2.75) is 27.7 Å². The number of allylic oxidation sites excluding steroid dienone is 1. The van der Waals surface area contributed by atoms with Crippen molar-refractivity contribution >= 4 is 11.8 Å². The van der Waals surface area contributed by atoms with Crippen molar-refractivity contribution in [3.8, 4) is 0 Å². The SMILES string of the molecule is CC(C)=CCNc1nc(C)cc(C)c1C(=O)O. The third-order valence-corrected chi connectivity index (χ3v) is 2.34. The smallest absolute Gasteiger partial charge is 0.339 e. The summed E-state index contributed by atoms with van der Waals surface area (Å²) in [6.45, 7) is 8.21. The molecule has 0 saturated heterocycles. The van der Waals surface area contributed by atoms with Crippen LogP contribution in [0.1, 0.15) is 35.5 Å². The van der Waals surface area contributed by atoms with Crippen LogP contribution in [-0.4, -0.2) is 22.6 Å². The molecule has 92 valence electrons. The van der Waals surface area contributed by atoms with Crippen LogP contribution >= 0.6 is 0 Å². The number of carboxylic acids is 1. The van der Waals surface area contributed by atoms with Gasteiger partial charge in [-0.15, -0.1) is 0 Å². The normalized spacial score (nSPS) is 9.88.